The highest BCUT2D eigenvalue weighted by molar-refractivity contribution is 5.76. The molecule has 0 N–H and O–H groups in total. The number of rotatable bonds is 3. The Morgan fingerprint density at radius 2 is 2.00 bits per heavy atom. The third-order valence-corrected chi connectivity index (χ3v) is 3.87. The molecule has 2 aromatic rings. The molecule has 0 aliphatic carbocycles. The van der Waals surface area contributed by atoms with E-state index < -0.39 is 0 Å². The number of hydrogen-bond donors (Lipinski definition) is 0. The molecule has 1 aliphatic heterocycles. The lowest BCUT2D eigenvalue weighted by Crippen LogP contribution is -2.44. The number of carbonyl (C=O) groups excluding carboxylic acids is 1. The third kappa shape index (κ3) is 3.65. The van der Waals surface area contributed by atoms with Gasteiger partial charge in [0.2, 0.25) is 5.91 Å². The van der Waals surface area contributed by atoms with Crippen molar-refractivity contribution in [2.75, 3.05) is 19.7 Å². The predicted octanol–water partition coefficient (Wildman–Crippen LogP) is 1.59. The maximum Gasteiger partial charge on any atom is 0.250 e. The topological polar surface area (TPSA) is 51.5 Å². The van der Waals surface area contributed by atoms with Gasteiger partial charge in [0.25, 0.3) is 5.56 Å². The number of benzene rings is 1. The fourth-order valence-electron chi connectivity index (χ4n) is 2.59. The predicted molar refractivity (Wildman–Crippen MR) is 82.4 cm³/mol. The molecule has 0 radical (unpaired) electrons. The molecule has 1 aromatic heterocycles. The molecular formula is C17H17FN2O3. The van der Waals surface area contributed by atoms with Crippen LogP contribution in [0.3, 0.4) is 0 Å². The van der Waals surface area contributed by atoms with Gasteiger partial charge in [-0.3, -0.25) is 9.59 Å². The lowest BCUT2D eigenvalue weighted by molar-refractivity contribution is -0.139. The number of morpholine rings is 1. The summed E-state index contributed by atoms with van der Waals surface area (Å²) in [4.78, 5) is 25.8. The van der Waals surface area contributed by atoms with Crippen molar-refractivity contribution in [3.05, 3.63) is 70.4 Å². The van der Waals surface area contributed by atoms with Crippen molar-refractivity contribution in [2.24, 2.45) is 0 Å². The lowest BCUT2D eigenvalue weighted by atomic mass is 10.1. The van der Waals surface area contributed by atoms with Gasteiger partial charge in [-0.15, -0.1) is 0 Å². The molecule has 6 heteroatoms. The van der Waals surface area contributed by atoms with Gasteiger partial charge in [-0.05, 0) is 23.8 Å². The monoisotopic (exact) mass is 316 g/mol. The number of ether oxygens (including phenoxy) is 1. The number of carbonyl (C=O) groups is 1. The molecule has 1 atom stereocenters. The zero-order valence-electron chi connectivity index (χ0n) is 12.5. The van der Waals surface area contributed by atoms with E-state index in [-0.39, 0.29) is 29.9 Å². The summed E-state index contributed by atoms with van der Waals surface area (Å²) in [6.07, 6.45) is 1.32. The maximum atomic E-state index is 13.0. The number of nitrogens with zero attached hydrogens (tertiary/aromatic N) is 2. The first kappa shape index (κ1) is 15.4. The van der Waals surface area contributed by atoms with Gasteiger partial charge in [-0.2, -0.15) is 0 Å². The normalized spacial score (nSPS) is 18.0. The van der Waals surface area contributed by atoms with Crippen molar-refractivity contribution < 1.29 is 13.9 Å². The smallest absolute Gasteiger partial charge is 0.250 e. The largest absolute Gasteiger partial charge is 0.370 e. The highest BCUT2D eigenvalue weighted by Crippen LogP contribution is 2.22. The SMILES string of the molecule is O=C(Cn1ccccc1=O)N1CCO[C@H](c2ccc(F)cc2)C1. The summed E-state index contributed by atoms with van der Waals surface area (Å²) in [5.41, 5.74) is 0.630. The first-order valence-electron chi connectivity index (χ1n) is 7.44. The third-order valence-electron chi connectivity index (χ3n) is 3.87. The Balaban J connectivity index is 1.68. The van der Waals surface area contributed by atoms with Gasteiger partial charge in [0, 0.05) is 18.8 Å². The molecule has 1 fully saturated rings. The van der Waals surface area contributed by atoms with E-state index in [9.17, 15) is 14.0 Å². The Morgan fingerprint density at radius 3 is 2.74 bits per heavy atom. The molecule has 5 nitrogen and oxygen atoms in total. The van der Waals surface area contributed by atoms with E-state index in [1.165, 1.54) is 22.8 Å². The minimum atomic E-state index is -0.305. The summed E-state index contributed by atoms with van der Waals surface area (Å²) in [6, 6.07) is 10.9. The summed E-state index contributed by atoms with van der Waals surface area (Å²) in [7, 11) is 0. The van der Waals surface area contributed by atoms with Gasteiger partial charge in [-0.25, -0.2) is 4.39 Å². The molecule has 2 heterocycles. The van der Waals surface area contributed by atoms with Crippen LogP contribution in [0.1, 0.15) is 11.7 Å². The van der Waals surface area contributed by atoms with Crippen LogP contribution < -0.4 is 5.56 Å². The van der Waals surface area contributed by atoms with E-state index in [0.29, 0.717) is 19.7 Å². The molecule has 1 aliphatic rings. The molecular weight excluding hydrogens is 299 g/mol. The van der Waals surface area contributed by atoms with Gasteiger partial charge in [0.15, 0.2) is 0 Å². The number of halogens is 1. The molecule has 23 heavy (non-hydrogen) atoms. The molecule has 0 spiro atoms. The summed E-state index contributed by atoms with van der Waals surface area (Å²) in [5.74, 6) is -0.436. The van der Waals surface area contributed by atoms with Crippen molar-refractivity contribution in [1.29, 1.82) is 0 Å². The van der Waals surface area contributed by atoms with Crippen LogP contribution >= 0.6 is 0 Å². The van der Waals surface area contributed by atoms with Gasteiger partial charge >= 0.3 is 0 Å². The average Bonchev–Trinajstić information content (AvgIpc) is 2.58. The fraction of sp³-hybridized carbons (Fsp3) is 0.294. The first-order valence-corrected chi connectivity index (χ1v) is 7.44. The summed E-state index contributed by atoms with van der Waals surface area (Å²) in [5, 5.41) is 0. The average molecular weight is 316 g/mol. The maximum absolute atomic E-state index is 13.0. The Morgan fingerprint density at radius 1 is 1.22 bits per heavy atom. The fourth-order valence-corrected chi connectivity index (χ4v) is 2.59. The van der Waals surface area contributed by atoms with Crippen LogP contribution in [0, 0.1) is 5.82 Å². The van der Waals surface area contributed by atoms with E-state index in [2.05, 4.69) is 0 Å². The number of pyridine rings is 1. The quantitative estimate of drug-likeness (QED) is 0.864. The Kier molecular flexibility index (Phi) is 4.52. The number of hydrogen-bond acceptors (Lipinski definition) is 3. The lowest BCUT2D eigenvalue weighted by Gasteiger charge is -2.33. The molecule has 1 amide bonds. The number of amides is 1. The second-order valence-electron chi connectivity index (χ2n) is 5.42. The van der Waals surface area contributed by atoms with Crippen molar-refractivity contribution >= 4 is 5.91 Å². The van der Waals surface area contributed by atoms with Crippen LogP contribution in [0.2, 0.25) is 0 Å². The Labute approximate surface area is 132 Å². The van der Waals surface area contributed by atoms with Crippen molar-refractivity contribution in [1.82, 2.24) is 9.47 Å². The molecule has 3 rings (SSSR count). The molecule has 0 saturated carbocycles. The van der Waals surface area contributed by atoms with Gasteiger partial charge in [-0.1, -0.05) is 18.2 Å². The molecule has 0 unspecified atom stereocenters. The van der Waals surface area contributed by atoms with Crippen molar-refractivity contribution in [3.63, 3.8) is 0 Å². The highest BCUT2D eigenvalue weighted by Gasteiger charge is 2.25. The van der Waals surface area contributed by atoms with Crippen molar-refractivity contribution in [3.8, 4) is 0 Å². The zero-order valence-corrected chi connectivity index (χ0v) is 12.5. The molecule has 120 valence electrons. The van der Waals surface area contributed by atoms with Crippen LogP contribution in [-0.4, -0.2) is 35.1 Å². The van der Waals surface area contributed by atoms with Crippen LogP contribution in [0.25, 0.3) is 0 Å². The van der Waals surface area contributed by atoms with E-state index in [1.807, 2.05) is 0 Å². The standard InChI is InChI=1S/C17H17FN2O3/c18-14-6-4-13(5-7-14)15-11-20(9-10-23-15)17(22)12-19-8-2-1-3-16(19)21/h1-8,15H,9-12H2/t15-/m0/s1. The Hall–Kier alpha value is -2.47. The zero-order chi connectivity index (χ0) is 16.2. The second-order valence-corrected chi connectivity index (χ2v) is 5.42. The molecule has 1 saturated heterocycles. The summed E-state index contributed by atoms with van der Waals surface area (Å²) in [6.45, 7) is 1.30. The van der Waals surface area contributed by atoms with Crippen molar-refractivity contribution in [2.45, 2.75) is 12.6 Å². The molecule has 0 bridgehead atoms. The number of aromatic nitrogens is 1. The molecule has 1 aromatic carbocycles. The van der Waals surface area contributed by atoms with Gasteiger partial charge < -0.3 is 14.2 Å². The van der Waals surface area contributed by atoms with Crippen LogP contribution in [0.5, 0.6) is 0 Å². The van der Waals surface area contributed by atoms with E-state index >= 15 is 0 Å². The minimum Gasteiger partial charge on any atom is -0.370 e. The van der Waals surface area contributed by atoms with E-state index in [0.717, 1.165) is 5.56 Å². The first-order chi connectivity index (χ1) is 11.1. The van der Waals surface area contributed by atoms with Gasteiger partial charge in [0.1, 0.15) is 18.5 Å². The van der Waals surface area contributed by atoms with E-state index in [1.54, 1.807) is 35.4 Å². The van der Waals surface area contributed by atoms with E-state index in [4.69, 9.17) is 4.74 Å². The van der Waals surface area contributed by atoms with Crippen LogP contribution in [0.15, 0.2) is 53.5 Å². The van der Waals surface area contributed by atoms with Crippen LogP contribution in [-0.2, 0) is 16.1 Å². The minimum absolute atomic E-state index is 0.00973. The Bertz CT molecular complexity index is 742. The second kappa shape index (κ2) is 6.75. The summed E-state index contributed by atoms with van der Waals surface area (Å²) >= 11 is 0. The van der Waals surface area contributed by atoms with Crippen LogP contribution in [0.4, 0.5) is 4.39 Å². The van der Waals surface area contributed by atoms with Gasteiger partial charge in [0.05, 0.1) is 13.2 Å². The summed E-state index contributed by atoms with van der Waals surface area (Å²) < 4.78 is 20.1. The highest BCUT2D eigenvalue weighted by atomic mass is 19.1.